The van der Waals surface area contributed by atoms with Crippen molar-refractivity contribution >= 4 is 5.97 Å². The molecule has 0 bridgehead atoms. The van der Waals surface area contributed by atoms with Crippen LogP contribution >= 0.6 is 0 Å². The molecule has 0 aliphatic rings. The number of hydrogen-bond donors (Lipinski definition) is 1. The van der Waals surface area contributed by atoms with E-state index in [1.54, 1.807) is 0 Å². The Balaban J connectivity index is -0.0000000150. The van der Waals surface area contributed by atoms with Gasteiger partial charge in [0, 0.05) is 26.4 Å². The summed E-state index contributed by atoms with van der Waals surface area (Å²) in [6.07, 6.45) is 0. The van der Waals surface area contributed by atoms with E-state index in [0.717, 1.165) is 6.92 Å². The number of rotatable bonds is 0. The maximum Gasteiger partial charge on any atom is 1.00 e. The maximum absolute atomic E-state index is 9.00. The SMILES string of the molecule is CC(=O)O.[H-].[K+].[Zn]. The molecule has 4 heteroatoms. The molecule has 0 saturated heterocycles. The van der Waals surface area contributed by atoms with Crippen molar-refractivity contribution < 1.29 is 82.2 Å². The van der Waals surface area contributed by atoms with Gasteiger partial charge < -0.3 is 6.53 Å². The van der Waals surface area contributed by atoms with E-state index >= 15 is 0 Å². The van der Waals surface area contributed by atoms with Crippen molar-refractivity contribution in [3.63, 3.8) is 0 Å². The quantitative estimate of drug-likeness (QED) is 0.394. The molecule has 28 valence electrons. The Morgan fingerprint density at radius 3 is 1.83 bits per heavy atom. The minimum atomic E-state index is -0.833. The minimum Gasteiger partial charge on any atom is -1.00 e. The average molecular weight is 166 g/mol. The Labute approximate surface area is 93.4 Å². The van der Waals surface area contributed by atoms with E-state index in [0.29, 0.717) is 0 Å². The van der Waals surface area contributed by atoms with Gasteiger partial charge in [-0.25, -0.2) is 0 Å². The summed E-state index contributed by atoms with van der Waals surface area (Å²) in [5.41, 5.74) is 0. The summed E-state index contributed by atoms with van der Waals surface area (Å²) in [7, 11) is 0. The third-order valence-corrected chi connectivity index (χ3v) is 0. The van der Waals surface area contributed by atoms with E-state index in [1.165, 1.54) is 0 Å². The summed E-state index contributed by atoms with van der Waals surface area (Å²) >= 11 is 0. The standard InChI is InChI=1S/C2H4O2.K.Zn.H/c1-2(3)4;;;/h1H3,(H,3,4);;;/q;+1;;-1. The van der Waals surface area contributed by atoms with Crippen LogP contribution in [0.1, 0.15) is 8.35 Å². The van der Waals surface area contributed by atoms with Crippen molar-refractivity contribution in [1.29, 1.82) is 0 Å². The molecular weight excluding hydrogens is 161 g/mol. The molecule has 0 aromatic rings. The molecule has 0 fully saturated rings. The van der Waals surface area contributed by atoms with E-state index in [4.69, 9.17) is 9.90 Å². The fourth-order valence-corrected chi connectivity index (χ4v) is 0. The van der Waals surface area contributed by atoms with Gasteiger partial charge in [-0.3, -0.25) is 4.79 Å². The van der Waals surface area contributed by atoms with Crippen LogP contribution in [-0.2, 0) is 24.3 Å². The molecule has 1 N–H and O–H groups in total. The number of carboxylic acid groups (broad SMARTS) is 1. The van der Waals surface area contributed by atoms with Crippen LogP contribution in [-0.4, -0.2) is 11.1 Å². The molecule has 0 aliphatic carbocycles. The van der Waals surface area contributed by atoms with Crippen LogP contribution in [0.25, 0.3) is 0 Å². The zero-order valence-electron chi connectivity index (χ0n) is 5.06. The first-order valence-electron chi connectivity index (χ1n) is 0.928. The molecule has 0 unspecified atom stereocenters. The Bertz CT molecular complexity index is 38.7. The second kappa shape index (κ2) is 9.88. The predicted octanol–water partition coefficient (Wildman–Crippen LogP) is -2.80. The molecule has 0 aromatic carbocycles. The van der Waals surface area contributed by atoms with Crippen LogP contribution in [0, 0.1) is 0 Å². The van der Waals surface area contributed by atoms with Crippen LogP contribution in [0.4, 0.5) is 0 Å². The van der Waals surface area contributed by atoms with Gasteiger partial charge >= 0.3 is 51.4 Å². The van der Waals surface area contributed by atoms with Gasteiger partial charge in [0.15, 0.2) is 0 Å². The van der Waals surface area contributed by atoms with Gasteiger partial charge in [0.1, 0.15) is 0 Å². The third-order valence-electron chi connectivity index (χ3n) is 0. The largest absolute Gasteiger partial charge is 1.00 e. The Hall–Kier alpha value is 1.73. The first-order valence-corrected chi connectivity index (χ1v) is 0.928. The number of carbonyl (C=O) groups is 1. The van der Waals surface area contributed by atoms with Crippen LogP contribution in [0.3, 0.4) is 0 Å². The predicted molar refractivity (Wildman–Crippen MR) is 14.4 cm³/mol. The smallest absolute Gasteiger partial charge is 1.00 e. The molecule has 0 rings (SSSR count). The first kappa shape index (κ1) is 15.6. The van der Waals surface area contributed by atoms with Gasteiger partial charge in [0.2, 0.25) is 0 Å². The Kier molecular flexibility index (Phi) is 25.8. The molecule has 0 aromatic heterocycles. The maximum atomic E-state index is 9.00. The molecule has 0 amide bonds. The monoisotopic (exact) mass is 164 g/mol. The third kappa shape index (κ3) is 42.8. The molecule has 0 saturated carbocycles. The number of carboxylic acids is 1. The van der Waals surface area contributed by atoms with Crippen LogP contribution in [0.5, 0.6) is 0 Å². The van der Waals surface area contributed by atoms with Crippen molar-refractivity contribution in [2.75, 3.05) is 0 Å². The average Bonchev–Trinajstić information content (AvgIpc) is 0.811. The van der Waals surface area contributed by atoms with Gasteiger partial charge in [-0.05, 0) is 0 Å². The molecule has 6 heavy (non-hydrogen) atoms. The van der Waals surface area contributed by atoms with Crippen molar-refractivity contribution in [3.8, 4) is 0 Å². The fraction of sp³-hybridized carbons (Fsp3) is 0.500. The van der Waals surface area contributed by atoms with E-state index in [9.17, 15) is 0 Å². The molecule has 0 radical (unpaired) electrons. The fourth-order valence-electron chi connectivity index (χ4n) is 0. The minimum absolute atomic E-state index is 0. The van der Waals surface area contributed by atoms with Crippen LogP contribution < -0.4 is 51.4 Å². The van der Waals surface area contributed by atoms with Crippen LogP contribution in [0.15, 0.2) is 0 Å². The normalized spacial score (nSPS) is 4.17. The molecule has 2 nitrogen and oxygen atoms in total. The summed E-state index contributed by atoms with van der Waals surface area (Å²) in [5, 5.41) is 7.42. The Morgan fingerprint density at radius 2 is 1.83 bits per heavy atom. The van der Waals surface area contributed by atoms with Crippen LogP contribution in [0.2, 0.25) is 0 Å². The van der Waals surface area contributed by atoms with Crippen molar-refractivity contribution in [3.05, 3.63) is 0 Å². The first-order chi connectivity index (χ1) is 1.73. The molecule has 0 spiro atoms. The molecule has 0 atom stereocenters. The Morgan fingerprint density at radius 1 is 1.83 bits per heavy atom. The summed E-state index contributed by atoms with van der Waals surface area (Å²) in [6.45, 7) is 1.08. The van der Waals surface area contributed by atoms with Crippen molar-refractivity contribution in [2.45, 2.75) is 6.92 Å². The van der Waals surface area contributed by atoms with Gasteiger partial charge in [-0.1, -0.05) is 0 Å². The van der Waals surface area contributed by atoms with E-state index in [2.05, 4.69) is 0 Å². The second-order valence-electron chi connectivity index (χ2n) is 0.519. The van der Waals surface area contributed by atoms with Crippen molar-refractivity contribution in [1.82, 2.24) is 0 Å². The van der Waals surface area contributed by atoms with Crippen molar-refractivity contribution in [2.24, 2.45) is 0 Å². The topological polar surface area (TPSA) is 37.3 Å². The van der Waals surface area contributed by atoms with E-state index < -0.39 is 5.97 Å². The summed E-state index contributed by atoms with van der Waals surface area (Å²) in [6, 6.07) is 0. The van der Waals surface area contributed by atoms with E-state index in [-0.39, 0.29) is 72.3 Å². The molecule has 0 aliphatic heterocycles. The summed E-state index contributed by atoms with van der Waals surface area (Å²) in [5.74, 6) is -0.833. The molecular formula is C2H5KO2Zn. The second-order valence-corrected chi connectivity index (χ2v) is 0.519. The van der Waals surface area contributed by atoms with Gasteiger partial charge in [0.05, 0.1) is 0 Å². The van der Waals surface area contributed by atoms with Gasteiger partial charge in [-0.15, -0.1) is 0 Å². The zero-order valence-corrected chi connectivity index (χ0v) is 10.2. The summed E-state index contributed by atoms with van der Waals surface area (Å²) in [4.78, 5) is 9.00. The number of aliphatic carboxylic acids is 1. The van der Waals surface area contributed by atoms with Gasteiger partial charge in [-0.2, -0.15) is 0 Å². The van der Waals surface area contributed by atoms with Gasteiger partial charge in [0.25, 0.3) is 5.97 Å². The molecule has 0 heterocycles. The summed E-state index contributed by atoms with van der Waals surface area (Å²) < 4.78 is 0. The number of hydrogen-bond acceptors (Lipinski definition) is 1. The van der Waals surface area contributed by atoms with E-state index in [1.807, 2.05) is 0 Å². The zero-order chi connectivity index (χ0) is 3.58.